The minimum Gasteiger partial charge on any atom is -0.354 e. The number of rotatable bonds is 11. The summed E-state index contributed by atoms with van der Waals surface area (Å²) in [6, 6.07) is 16.1. The van der Waals surface area contributed by atoms with Gasteiger partial charge in [-0.15, -0.1) is 0 Å². The Morgan fingerprint density at radius 3 is 2.23 bits per heavy atom. The standard InChI is InChI=1S/C23H31N5O3/c1-16(24)22(30)27-17(2)23(31)26-13-12-18-8-10-20(11-9-18)28-21(29)15-25-14-19-6-4-3-5-7-19/h3-11,16-17,25H,12-15,24H2,1-2H3,(H,26,31)(H,27,30)(H,28,29)/t16-,17-/m1/s1. The highest BCUT2D eigenvalue weighted by Gasteiger charge is 2.16. The Morgan fingerprint density at radius 1 is 0.903 bits per heavy atom. The molecule has 0 spiro atoms. The van der Waals surface area contributed by atoms with E-state index in [-0.39, 0.29) is 24.3 Å². The van der Waals surface area contributed by atoms with Gasteiger partial charge in [-0.1, -0.05) is 42.5 Å². The lowest BCUT2D eigenvalue weighted by Crippen LogP contribution is -2.49. The summed E-state index contributed by atoms with van der Waals surface area (Å²) >= 11 is 0. The number of amides is 3. The summed E-state index contributed by atoms with van der Waals surface area (Å²) in [5.41, 5.74) is 8.34. The first kappa shape index (κ1) is 24.0. The molecule has 8 nitrogen and oxygen atoms in total. The SMILES string of the molecule is C[C@@H](N)C(=O)N[C@H](C)C(=O)NCCc1ccc(NC(=O)CNCc2ccccc2)cc1. The topological polar surface area (TPSA) is 125 Å². The number of anilines is 1. The van der Waals surface area contributed by atoms with Gasteiger partial charge in [0, 0.05) is 18.8 Å². The summed E-state index contributed by atoms with van der Waals surface area (Å²) in [7, 11) is 0. The van der Waals surface area contributed by atoms with Crippen LogP contribution in [-0.4, -0.2) is 42.9 Å². The van der Waals surface area contributed by atoms with Crippen LogP contribution in [0.2, 0.25) is 0 Å². The summed E-state index contributed by atoms with van der Waals surface area (Å²) in [4.78, 5) is 35.6. The van der Waals surface area contributed by atoms with E-state index in [2.05, 4.69) is 21.3 Å². The summed E-state index contributed by atoms with van der Waals surface area (Å²) in [5.74, 6) is -0.741. The third-order valence-electron chi connectivity index (χ3n) is 4.57. The molecule has 166 valence electrons. The lowest BCUT2D eigenvalue weighted by molar-refractivity contribution is -0.129. The molecule has 2 rings (SSSR count). The van der Waals surface area contributed by atoms with Gasteiger partial charge < -0.3 is 27.0 Å². The first-order chi connectivity index (χ1) is 14.8. The van der Waals surface area contributed by atoms with Crippen molar-refractivity contribution in [2.45, 2.75) is 38.9 Å². The van der Waals surface area contributed by atoms with Crippen LogP contribution in [0.5, 0.6) is 0 Å². The van der Waals surface area contributed by atoms with Crippen molar-refractivity contribution in [3.63, 3.8) is 0 Å². The van der Waals surface area contributed by atoms with Gasteiger partial charge in [0.05, 0.1) is 12.6 Å². The maximum Gasteiger partial charge on any atom is 0.242 e. The number of benzene rings is 2. The van der Waals surface area contributed by atoms with E-state index in [1.807, 2.05) is 54.6 Å². The van der Waals surface area contributed by atoms with Gasteiger partial charge in [-0.05, 0) is 43.5 Å². The minimum atomic E-state index is -0.658. The molecule has 0 aromatic heterocycles. The van der Waals surface area contributed by atoms with E-state index in [9.17, 15) is 14.4 Å². The highest BCUT2D eigenvalue weighted by molar-refractivity contribution is 5.92. The Balaban J connectivity index is 1.67. The first-order valence-corrected chi connectivity index (χ1v) is 10.3. The van der Waals surface area contributed by atoms with Crippen LogP contribution in [0.1, 0.15) is 25.0 Å². The number of carbonyl (C=O) groups excluding carboxylic acids is 3. The van der Waals surface area contributed by atoms with Crippen LogP contribution in [0, 0.1) is 0 Å². The Morgan fingerprint density at radius 2 is 1.58 bits per heavy atom. The molecule has 0 radical (unpaired) electrons. The van der Waals surface area contributed by atoms with Crippen LogP contribution < -0.4 is 27.0 Å². The second-order valence-corrected chi connectivity index (χ2v) is 7.39. The van der Waals surface area contributed by atoms with Gasteiger partial charge >= 0.3 is 0 Å². The van der Waals surface area contributed by atoms with Crippen molar-refractivity contribution in [3.8, 4) is 0 Å². The predicted octanol–water partition coefficient (Wildman–Crippen LogP) is 0.926. The fraction of sp³-hybridized carbons (Fsp3) is 0.348. The molecule has 0 aliphatic rings. The molecule has 0 fully saturated rings. The average molecular weight is 426 g/mol. The Hall–Kier alpha value is -3.23. The van der Waals surface area contributed by atoms with Crippen LogP contribution in [0.25, 0.3) is 0 Å². The van der Waals surface area contributed by atoms with Crippen LogP contribution in [-0.2, 0) is 27.3 Å². The predicted molar refractivity (Wildman–Crippen MR) is 121 cm³/mol. The lowest BCUT2D eigenvalue weighted by atomic mass is 10.1. The van der Waals surface area contributed by atoms with Crippen molar-refractivity contribution in [2.24, 2.45) is 5.73 Å². The van der Waals surface area contributed by atoms with E-state index in [4.69, 9.17) is 5.73 Å². The number of nitrogens with two attached hydrogens (primary N) is 1. The second kappa shape index (κ2) is 12.5. The van der Waals surface area contributed by atoms with Crippen LogP contribution in [0.15, 0.2) is 54.6 Å². The monoisotopic (exact) mass is 425 g/mol. The average Bonchev–Trinajstić information content (AvgIpc) is 2.75. The summed E-state index contributed by atoms with van der Waals surface area (Å²) in [5, 5.41) is 11.3. The molecule has 0 aliphatic carbocycles. The molecule has 6 N–H and O–H groups in total. The third kappa shape index (κ3) is 8.98. The van der Waals surface area contributed by atoms with Crippen molar-refractivity contribution in [2.75, 3.05) is 18.4 Å². The van der Waals surface area contributed by atoms with Crippen molar-refractivity contribution >= 4 is 23.4 Å². The van der Waals surface area contributed by atoms with Gasteiger partial charge in [-0.25, -0.2) is 0 Å². The van der Waals surface area contributed by atoms with Crippen molar-refractivity contribution in [1.29, 1.82) is 0 Å². The van der Waals surface area contributed by atoms with Gasteiger partial charge in [-0.2, -0.15) is 0 Å². The fourth-order valence-electron chi connectivity index (χ4n) is 2.77. The van der Waals surface area contributed by atoms with Gasteiger partial charge in [0.2, 0.25) is 17.7 Å². The third-order valence-corrected chi connectivity index (χ3v) is 4.57. The fourth-order valence-corrected chi connectivity index (χ4v) is 2.77. The van der Waals surface area contributed by atoms with Gasteiger partial charge in [0.15, 0.2) is 0 Å². The molecular weight excluding hydrogens is 394 g/mol. The number of hydrogen-bond acceptors (Lipinski definition) is 5. The highest BCUT2D eigenvalue weighted by atomic mass is 16.2. The molecule has 2 atom stereocenters. The van der Waals surface area contributed by atoms with Crippen LogP contribution >= 0.6 is 0 Å². The van der Waals surface area contributed by atoms with E-state index < -0.39 is 12.1 Å². The molecule has 2 aromatic carbocycles. The Bertz CT molecular complexity index is 853. The molecule has 31 heavy (non-hydrogen) atoms. The zero-order chi connectivity index (χ0) is 22.6. The lowest BCUT2D eigenvalue weighted by Gasteiger charge is -2.15. The van der Waals surface area contributed by atoms with E-state index in [1.165, 1.54) is 0 Å². The minimum absolute atomic E-state index is 0.112. The van der Waals surface area contributed by atoms with Crippen LogP contribution in [0.3, 0.4) is 0 Å². The smallest absolute Gasteiger partial charge is 0.242 e. The van der Waals surface area contributed by atoms with Gasteiger partial charge in [0.1, 0.15) is 6.04 Å². The van der Waals surface area contributed by atoms with Crippen molar-refractivity contribution in [1.82, 2.24) is 16.0 Å². The van der Waals surface area contributed by atoms with Crippen LogP contribution in [0.4, 0.5) is 5.69 Å². The Kier molecular flexibility index (Phi) is 9.67. The molecule has 8 heteroatoms. The molecule has 0 saturated heterocycles. The van der Waals surface area contributed by atoms with Crippen molar-refractivity contribution in [3.05, 3.63) is 65.7 Å². The number of hydrogen-bond donors (Lipinski definition) is 5. The van der Waals surface area contributed by atoms with Gasteiger partial charge in [0.25, 0.3) is 0 Å². The molecule has 0 unspecified atom stereocenters. The number of carbonyl (C=O) groups is 3. The maximum absolute atomic E-state index is 12.1. The van der Waals surface area contributed by atoms with E-state index in [1.54, 1.807) is 13.8 Å². The van der Waals surface area contributed by atoms with E-state index in [0.29, 0.717) is 25.2 Å². The summed E-state index contributed by atoms with van der Waals surface area (Å²) in [6.45, 7) is 4.47. The highest BCUT2D eigenvalue weighted by Crippen LogP contribution is 2.09. The maximum atomic E-state index is 12.1. The normalized spacial score (nSPS) is 12.5. The molecule has 2 aromatic rings. The summed E-state index contributed by atoms with van der Waals surface area (Å²) in [6.07, 6.45) is 0.632. The van der Waals surface area contributed by atoms with E-state index in [0.717, 1.165) is 11.1 Å². The quantitative estimate of drug-likeness (QED) is 0.366. The molecule has 0 aliphatic heterocycles. The Labute approximate surface area is 183 Å². The second-order valence-electron chi connectivity index (χ2n) is 7.39. The molecule has 0 saturated carbocycles. The van der Waals surface area contributed by atoms with Gasteiger partial charge in [-0.3, -0.25) is 14.4 Å². The number of nitrogens with one attached hydrogen (secondary N) is 4. The zero-order valence-corrected chi connectivity index (χ0v) is 18.0. The summed E-state index contributed by atoms with van der Waals surface area (Å²) < 4.78 is 0. The molecule has 3 amide bonds. The molecular formula is C23H31N5O3. The van der Waals surface area contributed by atoms with E-state index >= 15 is 0 Å². The molecule has 0 heterocycles. The molecule has 0 bridgehead atoms. The largest absolute Gasteiger partial charge is 0.354 e. The zero-order valence-electron chi connectivity index (χ0n) is 18.0. The first-order valence-electron chi connectivity index (χ1n) is 10.3. The van der Waals surface area contributed by atoms with Crippen molar-refractivity contribution < 1.29 is 14.4 Å².